The van der Waals surface area contributed by atoms with Crippen LogP contribution in [0.4, 0.5) is 5.82 Å². The van der Waals surface area contributed by atoms with Crippen molar-refractivity contribution < 1.29 is 4.74 Å². The molecule has 0 atom stereocenters. The number of nitrogens with zero attached hydrogens (tertiary/aromatic N) is 4. The molecule has 1 saturated heterocycles. The van der Waals surface area contributed by atoms with Crippen LogP contribution in [0.5, 0.6) is 5.75 Å². The Bertz CT molecular complexity index is 1220. The molecule has 6 heteroatoms. The first-order valence-corrected chi connectivity index (χ1v) is 14.0. The molecule has 2 aromatic heterocycles. The molecule has 0 unspecified atom stereocenters. The van der Waals surface area contributed by atoms with Crippen LogP contribution in [0, 0.1) is 5.92 Å². The second-order valence-electron chi connectivity index (χ2n) is 14.0. The smallest absolute Gasteiger partial charge is 0.166 e. The summed E-state index contributed by atoms with van der Waals surface area (Å²) in [6.07, 6.45) is 8.96. The van der Waals surface area contributed by atoms with Crippen molar-refractivity contribution in [1.82, 2.24) is 14.9 Å². The average molecular weight is 518 g/mol. The van der Waals surface area contributed by atoms with Gasteiger partial charge in [-0.2, -0.15) is 0 Å². The van der Waals surface area contributed by atoms with E-state index in [9.17, 15) is 0 Å². The number of hydrogen-bond donors (Lipinski definition) is 1. The number of allylic oxidation sites excluding steroid dienone is 1. The van der Waals surface area contributed by atoms with Crippen molar-refractivity contribution in [3.63, 3.8) is 0 Å². The predicted octanol–water partition coefficient (Wildman–Crippen LogP) is 6.93. The quantitative estimate of drug-likeness (QED) is 0.465. The number of anilines is 1. The Balaban J connectivity index is 1.46. The number of aromatic nitrogens is 2. The zero-order valence-corrected chi connectivity index (χ0v) is 25.0. The third-order valence-corrected chi connectivity index (χ3v) is 7.81. The summed E-state index contributed by atoms with van der Waals surface area (Å²) in [4.78, 5) is 16.7. The van der Waals surface area contributed by atoms with Crippen LogP contribution >= 0.6 is 0 Å². The number of nitrogens with two attached hydrogens (primary N) is 1. The minimum absolute atomic E-state index is 0.0604. The average Bonchev–Trinajstić information content (AvgIpc) is 3.32. The fourth-order valence-corrected chi connectivity index (χ4v) is 5.69. The summed E-state index contributed by atoms with van der Waals surface area (Å²) in [7, 11) is 0. The lowest BCUT2D eigenvalue weighted by molar-refractivity contribution is 0.100. The van der Waals surface area contributed by atoms with Crippen LogP contribution in [0.15, 0.2) is 35.7 Å². The van der Waals surface area contributed by atoms with E-state index < -0.39 is 0 Å². The molecular weight excluding hydrogens is 470 g/mol. The molecule has 0 amide bonds. The van der Waals surface area contributed by atoms with Gasteiger partial charge in [-0.3, -0.25) is 14.9 Å². The predicted molar refractivity (Wildman–Crippen MR) is 159 cm³/mol. The Morgan fingerprint density at radius 1 is 0.974 bits per heavy atom. The minimum atomic E-state index is -0.0629. The number of likely N-dealkylation sites (tertiary alicyclic amines) is 1. The molecule has 4 heterocycles. The molecule has 4 rings (SSSR count). The van der Waals surface area contributed by atoms with E-state index in [4.69, 9.17) is 20.4 Å². The van der Waals surface area contributed by atoms with Crippen molar-refractivity contribution in [2.75, 3.05) is 18.8 Å². The van der Waals surface area contributed by atoms with Gasteiger partial charge in [-0.25, -0.2) is 4.98 Å². The van der Waals surface area contributed by atoms with Crippen molar-refractivity contribution in [1.29, 1.82) is 0 Å². The zero-order valence-electron chi connectivity index (χ0n) is 25.0. The van der Waals surface area contributed by atoms with Gasteiger partial charge in [-0.15, -0.1) is 0 Å². The molecule has 2 N–H and O–H groups in total. The fraction of sp³-hybridized carbons (Fsp3) is 0.594. The molecule has 0 spiro atoms. The maximum absolute atomic E-state index is 6.33. The molecule has 2 aliphatic heterocycles. The second kappa shape index (κ2) is 10.4. The van der Waals surface area contributed by atoms with Gasteiger partial charge in [0.05, 0.1) is 0 Å². The number of aliphatic imine (C=N–C) groups is 1. The first-order chi connectivity index (χ1) is 17.6. The summed E-state index contributed by atoms with van der Waals surface area (Å²) in [5.41, 5.74) is 13.4. The fourth-order valence-electron chi connectivity index (χ4n) is 5.69. The molecular formula is C32H47N5O. The summed E-state index contributed by atoms with van der Waals surface area (Å²) in [5.74, 6) is 1.58. The SMILES string of the molecule is CC(C)(C)c1nccc(COc2cc(C3=CN=C(C4CCN(C(C)(C)C)CC4)C3)cnc2N)c1C(C)(C)C. The number of rotatable bonds is 5. The van der Waals surface area contributed by atoms with Gasteiger partial charge in [0.2, 0.25) is 0 Å². The van der Waals surface area contributed by atoms with Crippen LogP contribution in [0.25, 0.3) is 5.57 Å². The highest BCUT2D eigenvalue weighted by atomic mass is 16.5. The number of pyridine rings is 2. The normalized spacial score (nSPS) is 17.9. The molecule has 0 radical (unpaired) electrons. The number of piperidine rings is 1. The van der Waals surface area contributed by atoms with Crippen molar-refractivity contribution in [3.05, 3.63) is 53.1 Å². The summed E-state index contributed by atoms with van der Waals surface area (Å²) in [6, 6.07) is 4.09. The maximum Gasteiger partial charge on any atom is 0.166 e. The lowest BCUT2D eigenvalue weighted by Crippen LogP contribution is -2.47. The van der Waals surface area contributed by atoms with E-state index in [1.807, 2.05) is 24.7 Å². The Labute approximate surface area is 229 Å². The molecule has 0 saturated carbocycles. The highest BCUT2D eigenvalue weighted by Gasteiger charge is 2.31. The van der Waals surface area contributed by atoms with Gasteiger partial charge in [0.25, 0.3) is 0 Å². The van der Waals surface area contributed by atoms with Crippen LogP contribution in [-0.2, 0) is 17.4 Å². The standard InChI is InChI=1S/C32H47N5O/c1-30(2,3)27-22(10-13-34-28(27)31(4,5)6)20-38-26-17-24(19-36-29(26)33)23-16-25(35-18-23)21-11-14-37(15-12-21)32(7,8)9/h10,13,17-19,21H,11-12,14-16,20H2,1-9H3,(H2,33,36). The molecule has 2 aromatic rings. The summed E-state index contributed by atoms with van der Waals surface area (Å²) >= 11 is 0. The maximum atomic E-state index is 6.33. The molecule has 38 heavy (non-hydrogen) atoms. The Hall–Kier alpha value is -2.73. The van der Waals surface area contributed by atoms with Gasteiger partial charge in [0.15, 0.2) is 11.6 Å². The minimum Gasteiger partial charge on any atom is -0.485 e. The third-order valence-electron chi connectivity index (χ3n) is 7.81. The van der Waals surface area contributed by atoms with Gasteiger partial charge >= 0.3 is 0 Å². The third kappa shape index (κ3) is 6.28. The van der Waals surface area contributed by atoms with Gasteiger partial charge in [0.1, 0.15) is 6.61 Å². The van der Waals surface area contributed by atoms with Crippen molar-refractivity contribution in [2.24, 2.45) is 10.9 Å². The van der Waals surface area contributed by atoms with E-state index in [1.165, 1.54) is 29.7 Å². The summed E-state index contributed by atoms with van der Waals surface area (Å²) in [5, 5.41) is 0. The van der Waals surface area contributed by atoms with E-state index in [2.05, 4.69) is 78.3 Å². The Morgan fingerprint density at radius 3 is 2.26 bits per heavy atom. The summed E-state index contributed by atoms with van der Waals surface area (Å²) < 4.78 is 6.33. The van der Waals surface area contributed by atoms with E-state index in [0.717, 1.165) is 36.3 Å². The van der Waals surface area contributed by atoms with Crippen LogP contribution in [0.3, 0.4) is 0 Å². The second-order valence-corrected chi connectivity index (χ2v) is 14.0. The summed E-state index contributed by atoms with van der Waals surface area (Å²) in [6.45, 7) is 22.9. The van der Waals surface area contributed by atoms with E-state index in [-0.39, 0.29) is 16.4 Å². The van der Waals surface area contributed by atoms with Crippen LogP contribution in [0.1, 0.15) is 104 Å². The van der Waals surface area contributed by atoms with E-state index >= 15 is 0 Å². The lowest BCUT2D eigenvalue weighted by atomic mass is 9.76. The Kier molecular flexibility index (Phi) is 7.77. The zero-order chi connectivity index (χ0) is 27.9. The first-order valence-electron chi connectivity index (χ1n) is 14.0. The molecule has 2 aliphatic rings. The topological polar surface area (TPSA) is 76.6 Å². The lowest BCUT2D eigenvalue weighted by Gasteiger charge is -2.41. The molecule has 206 valence electrons. The van der Waals surface area contributed by atoms with Crippen molar-refractivity contribution in [2.45, 2.75) is 105 Å². The van der Waals surface area contributed by atoms with E-state index in [1.54, 1.807) is 0 Å². The van der Waals surface area contributed by atoms with Crippen molar-refractivity contribution in [3.8, 4) is 5.75 Å². The van der Waals surface area contributed by atoms with Crippen LogP contribution in [0.2, 0.25) is 0 Å². The number of ether oxygens (including phenoxy) is 1. The molecule has 0 bridgehead atoms. The highest BCUT2D eigenvalue weighted by molar-refractivity contribution is 5.99. The molecule has 0 aliphatic carbocycles. The van der Waals surface area contributed by atoms with Gasteiger partial charge in [0, 0.05) is 58.9 Å². The van der Waals surface area contributed by atoms with Gasteiger partial charge in [-0.1, -0.05) is 41.5 Å². The number of hydrogen-bond acceptors (Lipinski definition) is 6. The monoisotopic (exact) mass is 517 g/mol. The van der Waals surface area contributed by atoms with Crippen LogP contribution in [-0.4, -0.2) is 39.2 Å². The number of nitrogen functional groups attached to an aromatic ring is 1. The van der Waals surface area contributed by atoms with Crippen molar-refractivity contribution >= 4 is 17.1 Å². The van der Waals surface area contributed by atoms with Gasteiger partial charge < -0.3 is 10.5 Å². The molecule has 6 nitrogen and oxygen atoms in total. The van der Waals surface area contributed by atoms with Crippen LogP contribution < -0.4 is 10.5 Å². The first kappa shape index (κ1) is 28.3. The highest BCUT2D eigenvalue weighted by Crippen LogP contribution is 2.37. The van der Waals surface area contributed by atoms with Gasteiger partial charge in [-0.05, 0) is 81.0 Å². The molecule has 0 aromatic carbocycles. The Morgan fingerprint density at radius 2 is 1.66 bits per heavy atom. The molecule has 1 fully saturated rings. The van der Waals surface area contributed by atoms with E-state index in [0.29, 0.717) is 24.1 Å². The largest absolute Gasteiger partial charge is 0.485 e.